The van der Waals surface area contributed by atoms with Gasteiger partial charge in [-0.3, -0.25) is 14.5 Å². The van der Waals surface area contributed by atoms with Crippen molar-refractivity contribution >= 4 is 40.8 Å². The minimum Gasteiger partial charge on any atom is -0.484 e. The average Bonchev–Trinajstić information content (AvgIpc) is 3.43. The van der Waals surface area contributed by atoms with Crippen LogP contribution in [0.3, 0.4) is 0 Å². The molecule has 2 aromatic heterocycles. The topological polar surface area (TPSA) is 88.9 Å². The van der Waals surface area contributed by atoms with Crippen molar-refractivity contribution in [3.05, 3.63) is 113 Å². The highest BCUT2D eigenvalue weighted by molar-refractivity contribution is 6.04. The molecule has 0 aliphatic carbocycles. The number of amides is 2. The molecule has 0 unspecified atom stereocenters. The fourth-order valence-corrected chi connectivity index (χ4v) is 5.93. The van der Waals surface area contributed by atoms with Crippen molar-refractivity contribution in [1.29, 1.82) is 0 Å². The van der Waals surface area contributed by atoms with Gasteiger partial charge in [-0.2, -0.15) is 26.3 Å². The van der Waals surface area contributed by atoms with Gasteiger partial charge in [0.15, 0.2) is 6.61 Å². The predicted octanol–water partition coefficient (Wildman–Crippen LogP) is 8.27. The van der Waals surface area contributed by atoms with E-state index in [4.69, 9.17) is 9.47 Å². The van der Waals surface area contributed by atoms with Crippen LogP contribution < -0.4 is 14.8 Å². The highest BCUT2D eigenvalue weighted by Crippen LogP contribution is 2.32. The van der Waals surface area contributed by atoms with E-state index in [1.54, 1.807) is 52.9 Å². The van der Waals surface area contributed by atoms with Crippen LogP contribution in [0.1, 0.15) is 37.5 Å². The number of anilines is 1. The molecule has 3 heterocycles. The number of alkyl halides is 6. The molecular weight excluding hydrogens is 728 g/mol. The fourth-order valence-electron chi connectivity index (χ4n) is 5.93. The molecule has 5 aromatic rings. The summed E-state index contributed by atoms with van der Waals surface area (Å²) in [5.74, 6) is 0.149. The molecule has 0 bridgehead atoms. The first-order valence-corrected chi connectivity index (χ1v) is 16.2. The maximum Gasteiger partial charge on any atom is 0.422 e. The van der Waals surface area contributed by atoms with Gasteiger partial charge in [0.2, 0.25) is 5.88 Å². The van der Waals surface area contributed by atoms with Crippen LogP contribution >= 0.6 is 12.4 Å². The molecule has 0 spiro atoms. The number of rotatable bonds is 9. The largest absolute Gasteiger partial charge is 0.484 e. The Morgan fingerprint density at radius 3 is 2.17 bits per heavy atom. The number of aryl methyl sites for hydroxylation is 2. The molecule has 16 heteroatoms. The summed E-state index contributed by atoms with van der Waals surface area (Å²) in [7, 11) is 1.80. The molecule has 6 rings (SSSR count). The number of carbonyl (C=O) groups is 2. The fraction of sp³-hybridized carbons (Fsp3) is 0.270. The molecule has 9 nitrogen and oxygen atoms in total. The van der Waals surface area contributed by atoms with Crippen molar-refractivity contribution in [2.75, 3.05) is 38.1 Å². The molecule has 3 aromatic carbocycles. The van der Waals surface area contributed by atoms with Crippen molar-refractivity contribution in [2.45, 2.75) is 25.8 Å². The van der Waals surface area contributed by atoms with Crippen LogP contribution in [0, 0.1) is 6.92 Å². The van der Waals surface area contributed by atoms with Crippen molar-refractivity contribution in [1.82, 2.24) is 19.4 Å². The van der Waals surface area contributed by atoms with Gasteiger partial charge in [0.25, 0.3) is 11.8 Å². The number of carbonyl (C=O) groups excluding carboxylic acids is 2. The van der Waals surface area contributed by atoms with Crippen molar-refractivity contribution in [3.63, 3.8) is 0 Å². The normalized spacial score (nSPS) is 13.8. The van der Waals surface area contributed by atoms with Crippen LogP contribution in [0.15, 0.2) is 85.1 Å². The van der Waals surface area contributed by atoms with E-state index >= 15 is 0 Å². The molecule has 53 heavy (non-hydrogen) atoms. The number of nitrogens with one attached hydrogen (secondary N) is 1. The molecule has 1 aliphatic rings. The van der Waals surface area contributed by atoms with Gasteiger partial charge < -0.3 is 24.3 Å². The number of nitrogens with zero attached hydrogens (tertiary/aromatic N) is 4. The van der Waals surface area contributed by atoms with Crippen LogP contribution in [-0.2, 0) is 19.8 Å². The average molecular weight is 762 g/mol. The van der Waals surface area contributed by atoms with E-state index in [1.165, 1.54) is 31.3 Å². The Morgan fingerprint density at radius 2 is 1.55 bits per heavy atom. The molecule has 0 atom stereocenters. The lowest BCUT2D eigenvalue weighted by Crippen LogP contribution is -2.48. The Morgan fingerprint density at radius 1 is 0.849 bits per heavy atom. The zero-order chi connectivity index (χ0) is 37.2. The minimum atomic E-state index is -4.51. The minimum absolute atomic E-state index is 0. The zero-order valence-electron chi connectivity index (χ0n) is 28.4. The van der Waals surface area contributed by atoms with E-state index in [0.29, 0.717) is 49.9 Å². The van der Waals surface area contributed by atoms with Crippen LogP contribution in [-0.4, -0.2) is 70.1 Å². The number of piperazine rings is 1. The van der Waals surface area contributed by atoms with Crippen molar-refractivity contribution in [3.8, 4) is 17.4 Å². The third kappa shape index (κ3) is 9.59. The summed E-state index contributed by atoms with van der Waals surface area (Å²) in [4.78, 5) is 34.4. The Balaban J connectivity index is 0.00000541. The molecule has 1 aliphatic heterocycles. The second-order valence-corrected chi connectivity index (χ2v) is 12.4. The number of hydrogen-bond donors (Lipinski definition) is 1. The summed E-state index contributed by atoms with van der Waals surface area (Å²) in [6, 6.07) is 20.0. The van der Waals surface area contributed by atoms with Gasteiger partial charge in [-0.25, -0.2) is 4.98 Å². The predicted molar refractivity (Wildman–Crippen MR) is 188 cm³/mol. The van der Waals surface area contributed by atoms with Gasteiger partial charge in [0.1, 0.15) is 17.2 Å². The summed E-state index contributed by atoms with van der Waals surface area (Å²) >= 11 is 0. The van der Waals surface area contributed by atoms with Crippen molar-refractivity contribution < 1.29 is 45.4 Å². The number of hydrogen-bond acceptors (Lipinski definition) is 6. The monoisotopic (exact) mass is 761 g/mol. The van der Waals surface area contributed by atoms with Gasteiger partial charge in [0.05, 0.1) is 23.0 Å². The molecule has 1 N–H and O–H groups in total. The quantitative estimate of drug-likeness (QED) is 0.152. The number of benzene rings is 3. The van der Waals surface area contributed by atoms with Crippen LogP contribution in [0.5, 0.6) is 17.4 Å². The lowest BCUT2D eigenvalue weighted by molar-refractivity contribution is -0.153. The Kier molecular flexibility index (Phi) is 11.6. The smallest absolute Gasteiger partial charge is 0.422 e. The molecule has 1 saturated heterocycles. The first-order chi connectivity index (χ1) is 24.6. The van der Waals surface area contributed by atoms with E-state index in [2.05, 4.69) is 15.2 Å². The maximum atomic E-state index is 13.5. The number of pyridine rings is 1. The summed E-state index contributed by atoms with van der Waals surface area (Å²) in [6.07, 6.45) is -7.54. The van der Waals surface area contributed by atoms with E-state index in [-0.39, 0.29) is 41.1 Å². The van der Waals surface area contributed by atoms with Gasteiger partial charge in [-0.15, -0.1) is 12.4 Å². The summed E-state index contributed by atoms with van der Waals surface area (Å²) in [6.45, 7) is 2.82. The highest BCUT2D eigenvalue weighted by Gasteiger charge is 2.32. The van der Waals surface area contributed by atoms with Gasteiger partial charge in [-0.05, 0) is 72.6 Å². The second-order valence-electron chi connectivity index (χ2n) is 12.4. The van der Waals surface area contributed by atoms with Crippen molar-refractivity contribution in [2.24, 2.45) is 7.05 Å². The molecule has 1 fully saturated rings. The lowest BCUT2D eigenvalue weighted by atomic mass is 10.0. The zero-order valence-corrected chi connectivity index (χ0v) is 29.2. The molecule has 280 valence electrons. The Labute approximate surface area is 306 Å². The van der Waals surface area contributed by atoms with Crippen LogP contribution in [0.25, 0.3) is 10.9 Å². The maximum absolute atomic E-state index is 13.5. The summed E-state index contributed by atoms with van der Waals surface area (Å²) in [5.41, 5.74) is 1.73. The highest BCUT2D eigenvalue weighted by atomic mass is 35.5. The van der Waals surface area contributed by atoms with Crippen LogP contribution in [0.4, 0.5) is 32.0 Å². The number of aromatic nitrogens is 2. The second kappa shape index (κ2) is 15.8. The Bertz CT molecular complexity index is 2080. The molecule has 0 saturated carbocycles. The van der Waals surface area contributed by atoms with E-state index < -0.39 is 30.4 Å². The van der Waals surface area contributed by atoms with Gasteiger partial charge in [0, 0.05) is 62.9 Å². The van der Waals surface area contributed by atoms with E-state index in [9.17, 15) is 35.9 Å². The third-order valence-corrected chi connectivity index (χ3v) is 8.64. The Hall–Kier alpha value is -5.28. The van der Waals surface area contributed by atoms with Gasteiger partial charge in [-0.1, -0.05) is 12.1 Å². The first-order valence-electron chi connectivity index (χ1n) is 16.2. The number of ether oxygens (including phenoxy) is 2. The standard InChI is InChI=1S/C37H33F6N5O4.ClH/c1-23-17-26(6-11-30(23)37(41,42)43)34(49)45-27-7-12-33(44-20-27)52-29-10-5-25-18-32(46(2)31(25)19-29)35(50)48-15-13-47(14-16-48)21-24-3-8-28(9-4-24)51-22-36(38,39)40;/h3-12,17-20H,13-16,21-22H2,1-2H3,(H,45,49);1H. The first kappa shape index (κ1) is 38.9. The van der Waals surface area contributed by atoms with E-state index in [1.807, 2.05) is 12.1 Å². The van der Waals surface area contributed by atoms with E-state index in [0.717, 1.165) is 28.6 Å². The number of halogens is 7. The molecular formula is C37H34ClF6N5O4. The molecule has 0 radical (unpaired) electrons. The lowest BCUT2D eigenvalue weighted by Gasteiger charge is -2.34. The van der Waals surface area contributed by atoms with Gasteiger partial charge >= 0.3 is 12.4 Å². The van der Waals surface area contributed by atoms with Crippen LogP contribution in [0.2, 0.25) is 0 Å². The summed E-state index contributed by atoms with van der Waals surface area (Å²) < 4.78 is 88.9. The SMILES string of the molecule is Cc1cc(C(=O)Nc2ccc(Oc3ccc4cc(C(=O)N5CCN(Cc6ccc(OCC(F)(F)F)cc6)CC5)n(C)c4c3)nc2)ccc1C(F)(F)F.Cl. The third-order valence-electron chi connectivity index (χ3n) is 8.64. The number of fused-ring (bicyclic) bond motifs is 1. The molecule has 2 amide bonds. The summed E-state index contributed by atoms with van der Waals surface area (Å²) in [5, 5.41) is 3.45.